The summed E-state index contributed by atoms with van der Waals surface area (Å²) >= 11 is 12.0. The van der Waals surface area contributed by atoms with Gasteiger partial charge in [-0.3, -0.25) is 4.79 Å². The molecule has 0 radical (unpaired) electrons. The predicted octanol–water partition coefficient (Wildman–Crippen LogP) is 3.60. The summed E-state index contributed by atoms with van der Waals surface area (Å²) in [5.41, 5.74) is 0.868. The van der Waals surface area contributed by atoms with Crippen molar-refractivity contribution in [3.8, 4) is 11.5 Å². The Morgan fingerprint density at radius 1 is 1.17 bits per heavy atom. The molecule has 6 nitrogen and oxygen atoms in total. The molecule has 1 heterocycles. The number of hydrogen-bond acceptors (Lipinski definition) is 5. The zero-order valence-electron chi connectivity index (χ0n) is 15.8. The second-order valence-electron chi connectivity index (χ2n) is 6.79. The first-order chi connectivity index (χ1) is 13.8. The second-order valence-corrected chi connectivity index (χ2v) is 9.86. The molecule has 1 aliphatic rings. The Morgan fingerprint density at radius 3 is 2.48 bits per heavy atom. The number of benzene rings is 2. The van der Waals surface area contributed by atoms with Crippen molar-refractivity contribution in [3.05, 3.63) is 58.1 Å². The smallest absolute Gasteiger partial charge is 0.261 e. The number of sulfone groups is 1. The van der Waals surface area contributed by atoms with Crippen LogP contribution in [0.25, 0.3) is 0 Å². The minimum absolute atomic E-state index is 0.0450. The first kappa shape index (κ1) is 21.7. The summed E-state index contributed by atoms with van der Waals surface area (Å²) < 4.78 is 34.6. The van der Waals surface area contributed by atoms with Gasteiger partial charge in [0.05, 0.1) is 23.6 Å². The average molecular weight is 458 g/mol. The highest BCUT2D eigenvalue weighted by Crippen LogP contribution is 2.28. The first-order valence-electron chi connectivity index (χ1n) is 8.98. The molecule has 0 spiro atoms. The lowest BCUT2D eigenvalue weighted by Crippen LogP contribution is -2.43. The van der Waals surface area contributed by atoms with Crippen LogP contribution in [0.5, 0.6) is 11.5 Å². The van der Waals surface area contributed by atoms with E-state index >= 15 is 0 Å². The van der Waals surface area contributed by atoms with Crippen LogP contribution in [0.1, 0.15) is 12.0 Å². The SMILES string of the molecule is COc1ccc(CN(C(=O)COc2ccc(Cl)cc2Cl)C2CCS(=O)(=O)C2)cc1. The van der Waals surface area contributed by atoms with Crippen molar-refractivity contribution in [2.45, 2.75) is 19.0 Å². The van der Waals surface area contributed by atoms with Gasteiger partial charge < -0.3 is 14.4 Å². The van der Waals surface area contributed by atoms with Crippen molar-refractivity contribution in [3.63, 3.8) is 0 Å². The quantitative estimate of drug-likeness (QED) is 0.634. The standard InChI is InChI=1S/C20H21Cl2NO5S/c1-27-17-5-2-14(3-6-17)11-23(16-8-9-29(25,26)13-16)20(24)12-28-19-7-4-15(21)10-18(19)22/h2-7,10,16H,8-9,11-13H2,1H3. The Labute approximate surface area is 180 Å². The van der Waals surface area contributed by atoms with E-state index in [1.807, 2.05) is 12.1 Å². The molecule has 0 N–H and O–H groups in total. The van der Waals surface area contributed by atoms with Gasteiger partial charge in [-0.25, -0.2) is 8.42 Å². The van der Waals surface area contributed by atoms with Crippen molar-refractivity contribution in [1.82, 2.24) is 4.90 Å². The normalized spacial score (nSPS) is 17.7. The number of rotatable bonds is 7. The van der Waals surface area contributed by atoms with E-state index in [0.717, 1.165) is 5.56 Å². The molecular weight excluding hydrogens is 437 g/mol. The van der Waals surface area contributed by atoms with E-state index in [1.165, 1.54) is 6.07 Å². The molecule has 29 heavy (non-hydrogen) atoms. The highest BCUT2D eigenvalue weighted by atomic mass is 35.5. The number of hydrogen-bond donors (Lipinski definition) is 0. The molecule has 2 aromatic carbocycles. The van der Waals surface area contributed by atoms with Crippen molar-refractivity contribution >= 4 is 38.9 Å². The number of nitrogens with zero attached hydrogens (tertiary/aromatic N) is 1. The molecule has 2 aromatic rings. The fraction of sp³-hybridized carbons (Fsp3) is 0.350. The lowest BCUT2D eigenvalue weighted by Gasteiger charge is -2.28. The maximum absolute atomic E-state index is 12.9. The molecule has 1 amide bonds. The van der Waals surface area contributed by atoms with E-state index in [9.17, 15) is 13.2 Å². The van der Waals surface area contributed by atoms with Gasteiger partial charge in [0, 0.05) is 17.6 Å². The number of carbonyl (C=O) groups excluding carboxylic acids is 1. The summed E-state index contributed by atoms with van der Waals surface area (Å²) in [6, 6.07) is 11.6. The summed E-state index contributed by atoms with van der Waals surface area (Å²) in [6.07, 6.45) is 0.409. The molecule has 1 atom stereocenters. The Morgan fingerprint density at radius 2 is 1.90 bits per heavy atom. The van der Waals surface area contributed by atoms with Crippen LogP contribution in [0.4, 0.5) is 0 Å². The van der Waals surface area contributed by atoms with E-state index in [-0.39, 0.29) is 36.6 Å². The van der Waals surface area contributed by atoms with E-state index < -0.39 is 9.84 Å². The van der Waals surface area contributed by atoms with Gasteiger partial charge in [0.25, 0.3) is 5.91 Å². The van der Waals surface area contributed by atoms with Crippen molar-refractivity contribution in [2.75, 3.05) is 25.2 Å². The van der Waals surface area contributed by atoms with Gasteiger partial charge in [-0.05, 0) is 42.3 Å². The Hall–Kier alpha value is -1.96. The Balaban J connectivity index is 1.75. The highest BCUT2D eigenvalue weighted by Gasteiger charge is 2.34. The Kier molecular flexibility index (Phi) is 6.93. The Bertz CT molecular complexity index is 979. The topological polar surface area (TPSA) is 72.9 Å². The molecule has 9 heteroatoms. The van der Waals surface area contributed by atoms with Crippen molar-refractivity contribution in [1.29, 1.82) is 0 Å². The molecule has 1 saturated heterocycles. The fourth-order valence-electron chi connectivity index (χ4n) is 3.18. The van der Waals surface area contributed by atoms with Crippen LogP contribution in [-0.2, 0) is 21.2 Å². The molecule has 0 bridgehead atoms. The number of carbonyl (C=O) groups is 1. The molecule has 0 saturated carbocycles. The zero-order valence-corrected chi connectivity index (χ0v) is 18.1. The summed E-state index contributed by atoms with van der Waals surface area (Å²) in [6.45, 7) is 0.0226. The fourth-order valence-corrected chi connectivity index (χ4v) is 5.38. The van der Waals surface area contributed by atoms with Crippen LogP contribution in [-0.4, -0.2) is 50.5 Å². The van der Waals surface area contributed by atoms with Crippen molar-refractivity contribution < 1.29 is 22.7 Å². The molecule has 156 valence electrons. The molecule has 1 aliphatic heterocycles. The van der Waals surface area contributed by atoms with E-state index in [4.69, 9.17) is 32.7 Å². The third kappa shape index (κ3) is 5.78. The molecule has 0 aliphatic carbocycles. The molecule has 1 unspecified atom stereocenters. The molecule has 1 fully saturated rings. The largest absolute Gasteiger partial charge is 0.497 e. The van der Waals surface area contributed by atoms with Gasteiger partial charge in [0.2, 0.25) is 0 Å². The summed E-state index contributed by atoms with van der Waals surface area (Å²) in [7, 11) is -1.57. The minimum Gasteiger partial charge on any atom is -0.497 e. The van der Waals surface area contributed by atoms with Gasteiger partial charge in [-0.2, -0.15) is 0 Å². The van der Waals surface area contributed by atoms with Gasteiger partial charge in [-0.1, -0.05) is 35.3 Å². The van der Waals surface area contributed by atoms with Gasteiger partial charge in [0.1, 0.15) is 11.5 Å². The number of halogens is 2. The molecule has 0 aromatic heterocycles. The van der Waals surface area contributed by atoms with Crippen LogP contribution in [0.2, 0.25) is 10.0 Å². The molecule has 3 rings (SSSR count). The van der Waals surface area contributed by atoms with Crippen LogP contribution in [0.15, 0.2) is 42.5 Å². The minimum atomic E-state index is -3.15. The highest BCUT2D eigenvalue weighted by molar-refractivity contribution is 7.91. The summed E-state index contributed by atoms with van der Waals surface area (Å²) in [4.78, 5) is 14.5. The first-order valence-corrected chi connectivity index (χ1v) is 11.6. The number of ether oxygens (including phenoxy) is 2. The average Bonchev–Trinajstić information content (AvgIpc) is 3.05. The molecular formula is C20H21Cl2NO5S. The van der Waals surface area contributed by atoms with E-state index in [0.29, 0.717) is 28.0 Å². The third-order valence-electron chi connectivity index (χ3n) is 4.73. The van der Waals surface area contributed by atoms with Crippen LogP contribution >= 0.6 is 23.2 Å². The monoisotopic (exact) mass is 457 g/mol. The third-order valence-corrected chi connectivity index (χ3v) is 7.01. The summed E-state index contributed by atoms with van der Waals surface area (Å²) in [5, 5.41) is 0.765. The maximum atomic E-state index is 12.9. The van der Waals surface area contributed by atoms with Crippen LogP contribution in [0.3, 0.4) is 0 Å². The lowest BCUT2D eigenvalue weighted by atomic mass is 10.1. The van der Waals surface area contributed by atoms with E-state index in [2.05, 4.69) is 0 Å². The lowest BCUT2D eigenvalue weighted by molar-refractivity contribution is -0.136. The van der Waals surface area contributed by atoms with Gasteiger partial charge in [-0.15, -0.1) is 0 Å². The maximum Gasteiger partial charge on any atom is 0.261 e. The number of amides is 1. The van der Waals surface area contributed by atoms with Gasteiger partial charge >= 0.3 is 0 Å². The zero-order chi connectivity index (χ0) is 21.0. The van der Waals surface area contributed by atoms with Crippen LogP contribution in [0, 0.1) is 0 Å². The summed E-state index contributed by atoms with van der Waals surface area (Å²) in [5.74, 6) is 0.766. The van der Waals surface area contributed by atoms with Crippen molar-refractivity contribution in [2.24, 2.45) is 0 Å². The second kappa shape index (κ2) is 9.24. The van der Waals surface area contributed by atoms with Crippen LogP contribution < -0.4 is 9.47 Å². The number of methoxy groups -OCH3 is 1. The van der Waals surface area contributed by atoms with E-state index in [1.54, 1.807) is 36.3 Å². The predicted molar refractivity (Wildman–Crippen MR) is 113 cm³/mol. The van der Waals surface area contributed by atoms with Gasteiger partial charge in [0.15, 0.2) is 16.4 Å².